The highest BCUT2D eigenvalue weighted by atomic mass is 16.5. The van der Waals surface area contributed by atoms with Crippen LogP contribution in [-0.2, 0) is 9.59 Å². The molecule has 1 aromatic carbocycles. The lowest BCUT2D eigenvalue weighted by molar-refractivity contribution is -0.130. The summed E-state index contributed by atoms with van der Waals surface area (Å²) < 4.78 is 16.0. The van der Waals surface area contributed by atoms with Gasteiger partial charge in [-0.1, -0.05) is 33.1 Å². The SMILES string of the molecule is COc1cc(NC(=O)C(CC(C)C)NC(=O)C2CCCCC2)cc(OC)c1OC. The predicted octanol–water partition coefficient (Wildman–Crippen LogP) is 3.76. The highest BCUT2D eigenvalue weighted by molar-refractivity contribution is 5.98. The normalized spacial score (nSPS) is 15.5. The van der Waals surface area contributed by atoms with Gasteiger partial charge in [-0.15, -0.1) is 0 Å². The van der Waals surface area contributed by atoms with Crippen molar-refractivity contribution >= 4 is 17.5 Å². The van der Waals surface area contributed by atoms with Crippen LogP contribution in [-0.4, -0.2) is 39.2 Å². The molecule has 29 heavy (non-hydrogen) atoms. The van der Waals surface area contributed by atoms with E-state index in [1.807, 2.05) is 13.8 Å². The second-order valence-electron chi connectivity index (χ2n) is 7.93. The molecule has 7 heteroatoms. The van der Waals surface area contributed by atoms with Gasteiger partial charge in [-0.25, -0.2) is 0 Å². The van der Waals surface area contributed by atoms with Crippen LogP contribution in [0, 0.1) is 11.8 Å². The van der Waals surface area contributed by atoms with Gasteiger partial charge in [0.05, 0.1) is 21.3 Å². The molecule has 1 saturated carbocycles. The molecule has 1 fully saturated rings. The molecule has 0 aromatic heterocycles. The van der Waals surface area contributed by atoms with Crippen molar-refractivity contribution < 1.29 is 23.8 Å². The third kappa shape index (κ3) is 6.27. The first kappa shape index (κ1) is 22.8. The van der Waals surface area contributed by atoms with Crippen molar-refractivity contribution in [3.63, 3.8) is 0 Å². The Morgan fingerprint density at radius 3 is 2.07 bits per heavy atom. The number of carbonyl (C=O) groups is 2. The Bertz CT molecular complexity index is 673. The molecule has 1 aliphatic carbocycles. The third-order valence-electron chi connectivity index (χ3n) is 5.25. The molecule has 0 aliphatic heterocycles. The molecule has 1 aromatic rings. The third-order valence-corrected chi connectivity index (χ3v) is 5.25. The second-order valence-corrected chi connectivity index (χ2v) is 7.93. The van der Waals surface area contributed by atoms with Crippen LogP contribution in [0.3, 0.4) is 0 Å². The summed E-state index contributed by atoms with van der Waals surface area (Å²) in [5.41, 5.74) is 0.519. The summed E-state index contributed by atoms with van der Waals surface area (Å²) in [6, 6.07) is 2.76. The van der Waals surface area contributed by atoms with Gasteiger partial charge >= 0.3 is 0 Å². The zero-order valence-electron chi connectivity index (χ0n) is 18.2. The zero-order chi connectivity index (χ0) is 21.4. The highest BCUT2D eigenvalue weighted by Crippen LogP contribution is 2.40. The topological polar surface area (TPSA) is 85.9 Å². The quantitative estimate of drug-likeness (QED) is 0.652. The number of benzene rings is 1. The summed E-state index contributed by atoms with van der Waals surface area (Å²) in [6.07, 6.45) is 5.69. The smallest absolute Gasteiger partial charge is 0.246 e. The molecule has 2 N–H and O–H groups in total. The number of ether oxygens (including phenoxy) is 3. The fraction of sp³-hybridized carbons (Fsp3) is 0.636. The van der Waals surface area contributed by atoms with Gasteiger partial charge in [0, 0.05) is 23.7 Å². The van der Waals surface area contributed by atoms with Gasteiger partial charge in [0.15, 0.2) is 11.5 Å². The lowest BCUT2D eigenvalue weighted by Gasteiger charge is -2.25. The van der Waals surface area contributed by atoms with Gasteiger partial charge in [0.25, 0.3) is 0 Å². The van der Waals surface area contributed by atoms with E-state index in [1.54, 1.807) is 12.1 Å². The minimum Gasteiger partial charge on any atom is -0.493 e. The van der Waals surface area contributed by atoms with Crippen molar-refractivity contribution in [3.05, 3.63) is 12.1 Å². The first-order valence-electron chi connectivity index (χ1n) is 10.3. The van der Waals surface area contributed by atoms with Crippen molar-refractivity contribution in [1.29, 1.82) is 0 Å². The molecule has 2 rings (SSSR count). The predicted molar refractivity (Wildman–Crippen MR) is 113 cm³/mol. The van der Waals surface area contributed by atoms with Gasteiger partial charge in [-0.05, 0) is 25.2 Å². The van der Waals surface area contributed by atoms with Crippen molar-refractivity contribution in [2.75, 3.05) is 26.6 Å². The Morgan fingerprint density at radius 2 is 1.59 bits per heavy atom. The van der Waals surface area contributed by atoms with Gasteiger partial charge in [0.2, 0.25) is 17.6 Å². The fourth-order valence-electron chi connectivity index (χ4n) is 3.74. The average molecular weight is 407 g/mol. The summed E-state index contributed by atoms with van der Waals surface area (Å²) >= 11 is 0. The van der Waals surface area contributed by atoms with Crippen molar-refractivity contribution in [2.45, 2.75) is 58.4 Å². The fourth-order valence-corrected chi connectivity index (χ4v) is 3.74. The summed E-state index contributed by atoms with van der Waals surface area (Å²) in [5, 5.41) is 5.87. The number of hydrogen-bond acceptors (Lipinski definition) is 5. The lowest BCUT2D eigenvalue weighted by Crippen LogP contribution is -2.47. The number of anilines is 1. The Morgan fingerprint density at radius 1 is 1.00 bits per heavy atom. The number of nitrogens with one attached hydrogen (secondary N) is 2. The van der Waals surface area contributed by atoms with E-state index in [0.717, 1.165) is 25.7 Å². The molecule has 0 radical (unpaired) electrons. The Labute approximate surface area is 173 Å². The maximum absolute atomic E-state index is 13.0. The van der Waals surface area contributed by atoms with E-state index in [9.17, 15) is 9.59 Å². The minimum atomic E-state index is -0.594. The summed E-state index contributed by atoms with van der Waals surface area (Å²) in [5.74, 6) is 1.36. The average Bonchev–Trinajstić information content (AvgIpc) is 2.72. The largest absolute Gasteiger partial charge is 0.493 e. The minimum absolute atomic E-state index is 0.00684. The van der Waals surface area contributed by atoms with Crippen molar-refractivity contribution in [1.82, 2.24) is 5.32 Å². The van der Waals surface area contributed by atoms with Crippen molar-refractivity contribution in [2.24, 2.45) is 11.8 Å². The Balaban J connectivity index is 2.15. The van der Waals surface area contributed by atoms with E-state index in [1.165, 1.54) is 27.8 Å². The lowest BCUT2D eigenvalue weighted by atomic mass is 9.88. The molecule has 2 amide bonds. The molecular formula is C22H34N2O5. The van der Waals surface area contributed by atoms with E-state index in [2.05, 4.69) is 10.6 Å². The van der Waals surface area contributed by atoms with E-state index < -0.39 is 6.04 Å². The van der Waals surface area contributed by atoms with Crippen LogP contribution in [0.5, 0.6) is 17.2 Å². The molecule has 0 saturated heterocycles. The summed E-state index contributed by atoms with van der Waals surface area (Å²) in [4.78, 5) is 25.7. The molecule has 0 heterocycles. The van der Waals surface area contributed by atoms with Crippen LogP contribution < -0.4 is 24.8 Å². The first-order valence-corrected chi connectivity index (χ1v) is 10.3. The van der Waals surface area contributed by atoms with Crippen LogP contribution in [0.25, 0.3) is 0 Å². The van der Waals surface area contributed by atoms with Gasteiger partial charge in [-0.2, -0.15) is 0 Å². The van der Waals surface area contributed by atoms with Gasteiger partial charge < -0.3 is 24.8 Å². The summed E-state index contributed by atoms with van der Waals surface area (Å²) in [6.45, 7) is 4.07. The number of amides is 2. The van der Waals surface area contributed by atoms with E-state index in [0.29, 0.717) is 29.4 Å². The van der Waals surface area contributed by atoms with Crippen LogP contribution >= 0.6 is 0 Å². The monoisotopic (exact) mass is 406 g/mol. The highest BCUT2D eigenvalue weighted by Gasteiger charge is 2.27. The molecule has 0 spiro atoms. The molecule has 1 aliphatic rings. The Kier molecular flexibility index (Phi) is 8.61. The second kappa shape index (κ2) is 10.9. The zero-order valence-corrected chi connectivity index (χ0v) is 18.2. The van der Waals surface area contributed by atoms with E-state index in [-0.39, 0.29) is 23.7 Å². The van der Waals surface area contributed by atoms with Crippen LogP contribution in [0.2, 0.25) is 0 Å². The van der Waals surface area contributed by atoms with Crippen LogP contribution in [0.4, 0.5) is 5.69 Å². The van der Waals surface area contributed by atoms with Crippen LogP contribution in [0.1, 0.15) is 52.4 Å². The number of carbonyl (C=O) groups excluding carboxylic acids is 2. The van der Waals surface area contributed by atoms with E-state index in [4.69, 9.17) is 14.2 Å². The number of methoxy groups -OCH3 is 3. The molecular weight excluding hydrogens is 372 g/mol. The molecule has 1 atom stereocenters. The van der Waals surface area contributed by atoms with Crippen molar-refractivity contribution in [3.8, 4) is 17.2 Å². The van der Waals surface area contributed by atoms with Crippen LogP contribution in [0.15, 0.2) is 12.1 Å². The molecule has 7 nitrogen and oxygen atoms in total. The first-order chi connectivity index (χ1) is 13.9. The maximum atomic E-state index is 13.0. The number of hydrogen-bond donors (Lipinski definition) is 2. The number of rotatable bonds is 9. The molecule has 162 valence electrons. The Hall–Kier alpha value is -2.44. The maximum Gasteiger partial charge on any atom is 0.246 e. The molecule has 1 unspecified atom stereocenters. The van der Waals surface area contributed by atoms with Gasteiger partial charge in [0.1, 0.15) is 6.04 Å². The summed E-state index contributed by atoms with van der Waals surface area (Å²) in [7, 11) is 4.57. The standard InChI is InChI=1S/C22H34N2O5/c1-14(2)11-17(24-21(25)15-9-7-6-8-10-15)22(26)23-16-12-18(27-3)20(29-5)19(13-16)28-4/h12-15,17H,6-11H2,1-5H3,(H,23,26)(H,24,25). The molecule has 0 bridgehead atoms. The van der Waals surface area contributed by atoms with E-state index >= 15 is 0 Å². The van der Waals surface area contributed by atoms with Gasteiger partial charge in [-0.3, -0.25) is 9.59 Å².